The Kier molecular flexibility index (Phi) is 4.10. The van der Waals surface area contributed by atoms with Gasteiger partial charge in [-0.25, -0.2) is 9.78 Å². The third kappa shape index (κ3) is 2.85. The predicted molar refractivity (Wildman–Crippen MR) is 93.5 cm³/mol. The van der Waals surface area contributed by atoms with Crippen molar-refractivity contribution in [2.45, 2.75) is 6.92 Å². The van der Waals surface area contributed by atoms with E-state index in [2.05, 4.69) is 15.0 Å². The van der Waals surface area contributed by atoms with Gasteiger partial charge in [0.25, 0.3) is 0 Å². The SMILES string of the molecule is CCOc1nc2c(nc1-c1ccccc1)[nH]c(=O)n2N1CCOCC1. The van der Waals surface area contributed by atoms with Crippen LogP contribution >= 0.6 is 0 Å². The van der Waals surface area contributed by atoms with E-state index in [4.69, 9.17) is 9.47 Å². The van der Waals surface area contributed by atoms with Crippen LogP contribution in [0.5, 0.6) is 5.88 Å². The molecule has 130 valence electrons. The number of hydrogen-bond donors (Lipinski definition) is 1. The molecule has 1 fully saturated rings. The first kappa shape index (κ1) is 15.6. The largest absolute Gasteiger partial charge is 0.476 e. The molecule has 8 heteroatoms. The quantitative estimate of drug-likeness (QED) is 0.766. The number of morpholine rings is 1. The summed E-state index contributed by atoms with van der Waals surface area (Å²) in [6, 6.07) is 9.68. The lowest BCUT2D eigenvalue weighted by Crippen LogP contribution is -2.48. The fraction of sp³-hybridized carbons (Fsp3) is 0.353. The molecule has 0 unspecified atom stereocenters. The van der Waals surface area contributed by atoms with Crippen LogP contribution in [-0.2, 0) is 4.74 Å². The topological polar surface area (TPSA) is 85.3 Å². The molecule has 2 aromatic heterocycles. The van der Waals surface area contributed by atoms with Gasteiger partial charge >= 0.3 is 5.69 Å². The van der Waals surface area contributed by atoms with Crippen LogP contribution in [0.1, 0.15) is 6.92 Å². The van der Waals surface area contributed by atoms with E-state index in [-0.39, 0.29) is 5.69 Å². The zero-order valence-electron chi connectivity index (χ0n) is 13.9. The second-order valence-corrected chi connectivity index (χ2v) is 5.66. The maximum absolute atomic E-state index is 12.5. The molecule has 1 N–H and O–H groups in total. The van der Waals surface area contributed by atoms with Gasteiger partial charge in [-0.2, -0.15) is 9.66 Å². The van der Waals surface area contributed by atoms with Crippen LogP contribution < -0.4 is 15.4 Å². The molecule has 25 heavy (non-hydrogen) atoms. The lowest BCUT2D eigenvalue weighted by molar-refractivity contribution is 0.111. The number of aromatic amines is 1. The van der Waals surface area contributed by atoms with Crippen molar-refractivity contribution in [1.82, 2.24) is 19.6 Å². The number of hydrogen-bond acceptors (Lipinski definition) is 6. The minimum Gasteiger partial charge on any atom is -0.476 e. The lowest BCUT2D eigenvalue weighted by atomic mass is 10.1. The number of rotatable bonds is 4. The molecular weight excluding hydrogens is 322 g/mol. The fourth-order valence-corrected chi connectivity index (χ4v) is 2.93. The first-order chi connectivity index (χ1) is 12.3. The number of ether oxygens (including phenoxy) is 2. The van der Waals surface area contributed by atoms with Gasteiger partial charge < -0.3 is 14.5 Å². The molecule has 0 spiro atoms. The summed E-state index contributed by atoms with van der Waals surface area (Å²) in [6.07, 6.45) is 0. The second-order valence-electron chi connectivity index (χ2n) is 5.66. The molecule has 3 heterocycles. The molecule has 0 aliphatic carbocycles. The molecule has 0 atom stereocenters. The highest BCUT2D eigenvalue weighted by atomic mass is 16.5. The summed E-state index contributed by atoms with van der Waals surface area (Å²) >= 11 is 0. The Morgan fingerprint density at radius 1 is 1.20 bits per heavy atom. The van der Waals surface area contributed by atoms with E-state index >= 15 is 0 Å². The van der Waals surface area contributed by atoms with Gasteiger partial charge in [0.2, 0.25) is 11.5 Å². The molecule has 1 aliphatic rings. The average Bonchev–Trinajstić information content (AvgIpc) is 2.97. The Morgan fingerprint density at radius 2 is 1.96 bits per heavy atom. The summed E-state index contributed by atoms with van der Waals surface area (Å²) < 4.78 is 12.6. The van der Waals surface area contributed by atoms with E-state index < -0.39 is 0 Å². The van der Waals surface area contributed by atoms with Gasteiger partial charge in [-0.1, -0.05) is 30.3 Å². The smallest absolute Gasteiger partial charge is 0.347 e. The minimum atomic E-state index is -0.260. The minimum absolute atomic E-state index is 0.260. The summed E-state index contributed by atoms with van der Waals surface area (Å²) in [5, 5.41) is 1.91. The first-order valence-electron chi connectivity index (χ1n) is 8.32. The number of H-pyrrole nitrogens is 1. The molecular formula is C17H19N5O3. The molecule has 0 saturated carbocycles. The summed E-state index contributed by atoms with van der Waals surface area (Å²) in [4.78, 5) is 24.5. The average molecular weight is 341 g/mol. The highest BCUT2D eigenvalue weighted by Crippen LogP contribution is 2.27. The van der Waals surface area contributed by atoms with Crippen molar-refractivity contribution < 1.29 is 9.47 Å². The highest BCUT2D eigenvalue weighted by Gasteiger charge is 2.21. The Bertz CT molecular complexity index is 929. The van der Waals surface area contributed by atoms with Crippen molar-refractivity contribution in [1.29, 1.82) is 0 Å². The number of imidazole rings is 1. The molecule has 0 amide bonds. The van der Waals surface area contributed by atoms with Crippen LogP contribution in [-0.4, -0.2) is 52.5 Å². The number of benzene rings is 1. The summed E-state index contributed by atoms with van der Waals surface area (Å²) in [7, 11) is 0. The predicted octanol–water partition coefficient (Wildman–Crippen LogP) is 1.15. The third-order valence-corrected chi connectivity index (χ3v) is 4.06. The Hall–Kier alpha value is -2.87. The van der Waals surface area contributed by atoms with E-state index in [0.717, 1.165) is 5.56 Å². The number of aromatic nitrogens is 4. The fourth-order valence-electron chi connectivity index (χ4n) is 2.93. The van der Waals surface area contributed by atoms with Crippen molar-refractivity contribution in [3.05, 3.63) is 40.8 Å². The van der Waals surface area contributed by atoms with E-state index in [1.807, 2.05) is 42.3 Å². The maximum atomic E-state index is 12.5. The standard InChI is InChI=1S/C17H19N5O3/c1-2-25-16-13(12-6-4-3-5-7-12)18-14-15(20-16)22(17(23)19-14)21-8-10-24-11-9-21/h3-7H,2,8-11H2,1H3,(H,18,19,23). The van der Waals surface area contributed by atoms with Crippen LogP contribution in [0.3, 0.4) is 0 Å². The number of fused-ring (bicyclic) bond motifs is 1. The van der Waals surface area contributed by atoms with E-state index in [0.29, 0.717) is 55.8 Å². The normalized spacial score (nSPS) is 14.8. The zero-order chi connectivity index (χ0) is 17.2. The van der Waals surface area contributed by atoms with Crippen LogP contribution in [0.2, 0.25) is 0 Å². The Labute approximate surface area is 144 Å². The van der Waals surface area contributed by atoms with Gasteiger partial charge in [-0.05, 0) is 6.92 Å². The van der Waals surface area contributed by atoms with E-state index in [9.17, 15) is 4.79 Å². The molecule has 0 bridgehead atoms. The van der Waals surface area contributed by atoms with E-state index in [1.165, 1.54) is 4.68 Å². The zero-order valence-corrected chi connectivity index (χ0v) is 13.9. The van der Waals surface area contributed by atoms with Crippen molar-refractivity contribution >= 4 is 11.3 Å². The molecule has 3 aromatic rings. The molecule has 8 nitrogen and oxygen atoms in total. The van der Waals surface area contributed by atoms with Gasteiger partial charge in [0, 0.05) is 5.56 Å². The second kappa shape index (κ2) is 6.56. The Balaban J connectivity index is 1.89. The van der Waals surface area contributed by atoms with Crippen LogP contribution in [0.4, 0.5) is 0 Å². The summed E-state index contributed by atoms with van der Waals surface area (Å²) in [5.74, 6) is 0.419. The third-order valence-electron chi connectivity index (χ3n) is 4.06. The lowest BCUT2D eigenvalue weighted by Gasteiger charge is -2.28. The summed E-state index contributed by atoms with van der Waals surface area (Å²) in [6.45, 7) is 4.76. The molecule has 0 radical (unpaired) electrons. The van der Waals surface area contributed by atoms with Crippen molar-refractivity contribution in [3.63, 3.8) is 0 Å². The van der Waals surface area contributed by atoms with Crippen molar-refractivity contribution in [2.24, 2.45) is 0 Å². The molecule has 1 saturated heterocycles. The maximum Gasteiger partial charge on any atom is 0.347 e. The van der Waals surface area contributed by atoms with Crippen LogP contribution in [0.25, 0.3) is 22.6 Å². The van der Waals surface area contributed by atoms with Gasteiger partial charge in [0.1, 0.15) is 5.69 Å². The Morgan fingerprint density at radius 3 is 2.68 bits per heavy atom. The number of nitrogens with zero attached hydrogens (tertiary/aromatic N) is 4. The van der Waals surface area contributed by atoms with Crippen molar-refractivity contribution in [3.8, 4) is 17.1 Å². The monoisotopic (exact) mass is 341 g/mol. The van der Waals surface area contributed by atoms with Gasteiger partial charge in [0.05, 0.1) is 32.9 Å². The van der Waals surface area contributed by atoms with Gasteiger partial charge in [-0.3, -0.25) is 4.98 Å². The molecule has 1 aromatic carbocycles. The first-order valence-corrected chi connectivity index (χ1v) is 8.32. The molecule has 1 aliphatic heterocycles. The van der Waals surface area contributed by atoms with Crippen LogP contribution in [0.15, 0.2) is 35.1 Å². The summed E-state index contributed by atoms with van der Waals surface area (Å²) in [5.41, 5.74) is 2.16. The van der Waals surface area contributed by atoms with E-state index in [1.54, 1.807) is 0 Å². The van der Waals surface area contributed by atoms with Gasteiger partial charge in [-0.15, -0.1) is 0 Å². The molecule has 4 rings (SSSR count). The van der Waals surface area contributed by atoms with Crippen LogP contribution in [0, 0.1) is 0 Å². The van der Waals surface area contributed by atoms with Gasteiger partial charge in [0.15, 0.2) is 5.65 Å². The van der Waals surface area contributed by atoms with Crippen molar-refractivity contribution in [2.75, 3.05) is 37.9 Å². The number of nitrogens with one attached hydrogen (secondary N) is 1. The highest BCUT2D eigenvalue weighted by molar-refractivity contribution is 5.75.